The van der Waals surface area contributed by atoms with Crippen molar-refractivity contribution in [3.8, 4) is 11.5 Å². The smallest absolute Gasteiger partial charge is 0.229 e. The summed E-state index contributed by atoms with van der Waals surface area (Å²) < 4.78 is 11.0. The van der Waals surface area contributed by atoms with Gasteiger partial charge in [-0.1, -0.05) is 6.07 Å². The first kappa shape index (κ1) is 16.8. The molecule has 0 N–H and O–H groups in total. The number of fused-ring (bicyclic) bond motifs is 1. The van der Waals surface area contributed by atoms with Crippen molar-refractivity contribution >= 4 is 17.2 Å². The second kappa shape index (κ2) is 7.21. The average Bonchev–Trinajstić information content (AvgIpc) is 3.03. The van der Waals surface area contributed by atoms with Gasteiger partial charge in [-0.3, -0.25) is 4.79 Å². The molecule has 0 bridgehead atoms. The lowest BCUT2D eigenvalue weighted by Gasteiger charge is -2.28. The van der Waals surface area contributed by atoms with Crippen molar-refractivity contribution in [2.75, 3.05) is 27.3 Å². The highest BCUT2D eigenvalue weighted by atomic mass is 32.1. The lowest BCUT2D eigenvalue weighted by molar-refractivity contribution is -0.135. The van der Waals surface area contributed by atoms with Gasteiger partial charge in [0.05, 0.1) is 24.2 Å². The maximum atomic E-state index is 12.7. The summed E-state index contributed by atoms with van der Waals surface area (Å²) in [5.41, 5.74) is 3.98. The Bertz CT molecular complexity index is 729. The van der Waals surface area contributed by atoms with Crippen LogP contribution in [0.2, 0.25) is 0 Å². The van der Waals surface area contributed by atoms with E-state index in [0.29, 0.717) is 19.6 Å². The minimum absolute atomic E-state index is 0.126. The highest BCUT2D eigenvalue weighted by molar-refractivity contribution is 7.09. The van der Waals surface area contributed by atoms with Crippen LogP contribution in [0.4, 0.5) is 0 Å². The number of likely N-dealkylation sites (N-methyl/N-ethyl adjacent to an activating group) is 1. The van der Waals surface area contributed by atoms with E-state index in [0.717, 1.165) is 29.2 Å². The monoisotopic (exact) mass is 346 g/mol. The first-order chi connectivity index (χ1) is 11.6. The van der Waals surface area contributed by atoms with Gasteiger partial charge >= 0.3 is 0 Å². The molecule has 0 saturated carbocycles. The Morgan fingerprint density at radius 2 is 2.33 bits per heavy atom. The number of hydrogen-bond donors (Lipinski definition) is 0. The number of amides is 1. The summed E-state index contributed by atoms with van der Waals surface area (Å²) in [7, 11) is 3.50. The van der Waals surface area contributed by atoms with Gasteiger partial charge in [-0.25, -0.2) is 4.98 Å². The molecule has 1 aromatic heterocycles. The number of thiazole rings is 1. The van der Waals surface area contributed by atoms with Crippen molar-refractivity contribution in [2.45, 2.75) is 19.8 Å². The maximum Gasteiger partial charge on any atom is 0.229 e. The van der Waals surface area contributed by atoms with Gasteiger partial charge in [-0.05, 0) is 25.0 Å². The number of carbonyl (C=O) groups is 1. The standard InChI is InChI=1S/C18H22N2O3S/c1-12-17(24-11-19-12)6-7-20(2)18(21)14-8-13-4-5-15(22-3)9-16(13)23-10-14/h4-5,9,11,14H,6-8,10H2,1-3H3/t14-/m0/s1. The quantitative estimate of drug-likeness (QED) is 0.835. The molecular weight excluding hydrogens is 324 g/mol. The van der Waals surface area contributed by atoms with Crippen LogP contribution in [0.3, 0.4) is 0 Å². The number of aromatic nitrogens is 1. The molecule has 1 aromatic carbocycles. The molecule has 0 unspecified atom stereocenters. The highest BCUT2D eigenvalue weighted by Crippen LogP contribution is 2.31. The van der Waals surface area contributed by atoms with E-state index in [-0.39, 0.29) is 11.8 Å². The van der Waals surface area contributed by atoms with Crippen LogP contribution in [-0.4, -0.2) is 43.1 Å². The Balaban J connectivity index is 1.60. The van der Waals surface area contributed by atoms with Gasteiger partial charge in [0.25, 0.3) is 0 Å². The zero-order valence-corrected chi connectivity index (χ0v) is 15.1. The predicted molar refractivity (Wildman–Crippen MR) is 93.9 cm³/mol. The largest absolute Gasteiger partial charge is 0.497 e. The Labute approximate surface area is 146 Å². The second-order valence-electron chi connectivity index (χ2n) is 6.06. The summed E-state index contributed by atoms with van der Waals surface area (Å²) in [6.45, 7) is 3.13. The molecule has 128 valence electrons. The fourth-order valence-corrected chi connectivity index (χ4v) is 3.67. The van der Waals surface area contributed by atoms with E-state index < -0.39 is 0 Å². The fraction of sp³-hybridized carbons (Fsp3) is 0.444. The zero-order valence-electron chi connectivity index (χ0n) is 14.2. The molecule has 1 atom stereocenters. The van der Waals surface area contributed by atoms with Crippen molar-refractivity contribution in [3.63, 3.8) is 0 Å². The molecule has 0 aliphatic carbocycles. The van der Waals surface area contributed by atoms with Crippen LogP contribution in [0, 0.1) is 12.8 Å². The SMILES string of the molecule is COc1ccc2c(c1)OC[C@@H](C(=O)N(C)CCc1scnc1C)C2. The van der Waals surface area contributed by atoms with E-state index in [2.05, 4.69) is 4.98 Å². The van der Waals surface area contributed by atoms with Crippen LogP contribution >= 0.6 is 11.3 Å². The molecule has 24 heavy (non-hydrogen) atoms. The number of aryl methyl sites for hydroxylation is 1. The molecule has 0 fully saturated rings. The molecule has 5 nitrogen and oxygen atoms in total. The third-order valence-corrected chi connectivity index (χ3v) is 5.42. The summed E-state index contributed by atoms with van der Waals surface area (Å²) >= 11 is 1.65. The number of hydrogen-bond acceptors (Lipinski definition) is 5. The summed E-state index contributed by atoms with van der Waals surface area (Å²) in [5.74, 6) is 1.61. The lowest BCUT2D eigenvalue weighted by Crippen LogP contribution is -2.39. The van der Waals surface area contributed by atoms with Gasteiger partial charge in [0.2, 0.25) is 5.91 Å². The molecule has 1 aliphatic heterocycles. The van der Waals surface area contributed by atoms with Crippen LogP contribution in [0.15, 0.2) is 23.7 Å². The van der Waals surface area contributed by atoms with Crippen LogP contribution in [0.1, 0.15) is 16.1 Å². The number of carbonyl (C=O) groups excluding carboxylic acids is 1. The lowest BCUT2D eigenvalue weighted by atomic mass is 9.95. The van der Waals surface area contributed by atoms with Crippen LogP contribution < -0.4 is 9.47 Å². The van der Waals surface area contributed by atoms with E-state index in [9.17, 15) is 4.79 Å². The van der Waals surface area contributed by atoms with Crippen molar-refractivity contribution < 1.29 is 14.3 Å². The van der Waals surface area contributed by atoms with Crippen LogP contribution in [-0.2, 0) is 17.6 Å². The van der Waals surface area contributed by atoms with Crippen LogP contribution in [0.25, 0.3) is 0 Å². The molecule has 0 saturated heterocycles. The molecule has 0 radical (unpaired) electrons. The predicted octanol–water partition coefficient (Wildman–Crippen LogP) is 2.71. The summed E-state index contributed by atoms with van der Waals surface area (Å²) in [4.78, 5) is 20.0. The third kappa shape index (κ3) is 3.53. The molecule has 2 aromatic rings. The van der Waals surface area contributed by atoms with E-state index in [1.807, 2.05) is 42.6 Å². The number of nitrogens with zero attached hydrogens (tertiary/aromatic N) is 2. The molecule has 1 amide bonds. The summed E-state index contributed by atoms with van der Waals surface area (Å²) in [6.07, 6.45) is 1.56. The van der Waals surface area contributed by atoms with Crippen molar-refractivity contribution in [1.82, 2.24) is 9.88 Å². The number of rotatable bonds is 5. The van der Waals surface area contributed by atoms with Gasteiger partial charge in [0.1, 0.15) is 18.1 Å². The number of methoxy groups -OCH3 is 1. The van der Waals surface area contributed by atoms with E-state index in [1.54, 1.807) is 18.4 Å². The average molecular weight is 346 g/mol. The van der Waals surface area contributed by atoms with Crippen molar-refractivity contribution in [3.05, 3.63) is 39.8 Å². The topological polar surface area (TPSA) is 51.7 Å². The molecule has 0 spiro atoms. The molecule has 2 heterocycles. The molecule has 1 aliphatic rings. The Kier molecular flexibility index (Phi) is 5.04. The summed E-state index contributed by atoms with van der Waals surface area (Å²) in [5, 5.41) is 0. The number of ether oxygens (including phenoxy) is 2. The van der Waals surface area contributed by atoms with Gasteiger partial charge in [-0.15, -0.1) is 11.3 Å². The zero-order chi connectivity index (χ0) is 17.1. The van der Waals surface area contributed by atoms with Crippen LogP contribution in [0.5, 0.6) is 11.5 Å². The van der Waals surface area contributed by atoms with Gasteiger partial charge in [0, 0.05) is 31.0 Å². The first-order valence-electron chi connectivity index (χ1n) is 8.02. The van der Waals surface area contributed by atoms with Gasteiger partial charge in [0.15, 0.2) is 0 Å². The molecular formula is C18H22N2O3S. The van der Waals surface area contributed by atoms with E-state index in [4.69, 9.17) is 9.47 Å². The van der Waals surface area contributed by atoms with Crippen molar-refractivity contribution in [1.29, 1.82) is 0 Å². The normalized spacial score (nSPS) is 16.2. The molecule has 6 heteroatoms. The van der Waals surface area contributed by atoms with Gasteiger partial charge in [-0.2, -0.15) is 0 Å². The first-order valence-corrected chi connectivity index (χ1v) is 8.90. The highest BCUT2D eigenvalue weighted by Gasteiger charge is 2.28. The minimum Gasteiger partial charge on any atom is -0.497 e. The van der Waals surface area contributed by atoms with Gasteiger partial charge < -0.3 is 14.4 Å². The summed E-state index contributed by atoms with van der Waals surface area (Å²) in [6, 6.07) is 5.77. The van der Waals surface area contributed by atoms with E-state index in [1.165, 1.54) is 4.88 Å². The van der Waals surface area contributed by atoms with E-state index >= 15 is 0 Å². The Morgan fingerprint density at radius 3 is 3.04 bits per heavy atom. The Hall–Kier alpha value is -2.08. The second-order valence-corrected chi connectivity index (χ2v) is 7.00. The fourth-order valence-electron chi connectivity index (χ4n) is 2.90. The number of benzene rings is 1. The molecule has 3 rings (SSSR count). The third-order valence-electron chi connectivity index (χ3n) is 4.43. The van der Waals surface area contributed by atoms with Crippen molar-refractivity contribution in [2.24, 2.45) is 5.92 Å². The minimum atomic E-state index is -0.126. The Morgan fingerprint density at radius 1 is 1.50 bits per heavy atom. The maximum absolute atomic E-state index is 12.7.